The molecule has 0 aliphatic carbocycles. The largest absolute Gasteiger partial charge is 0.368 e. The molecule has 1 aromatic carbocycles. The van der Waals surface area contributed by atoms with Crippen molar-refractivity contribution in [1.29, 1.82) is 0 Å². The van der Waals surface area contributed by atoms with Crippen LogP contribution in [0.25, 0.3) is 0 Å². The first-order valence-electron chi connectivity index (χ1n) is 4.25. The second-order valence-electron chi connectivity index (χ2n) is 3.07. The van der Waals surface area contributed by atoms with Gasteiger partial charge in [-0.05, 0) is 12.0 Å². The molecule has 0 bridgehead atoms. The van der Waals surface area contributed by atoms with Crippen molar-refractivity contribution in [2.24, 2.45) is 0 Å². The Hall–Kier alpha value is -0.860. The third kappa shape index (κ3) is 1.49. The number of benzene rings is 1. The van der Waals surface area contributed by atoms with Gasteiger partial charge in [-0.1, -0.05) is 30.3 Å². The number of aliphatic hydroxyl groups is 1. The van der Waals surface area contributed by atoms with Crippen LogP contribution in [0, 0.1) is 0 Å². The van der Waals surface area contributed by atoms with E-state index in [1.807, 2.05) is 30.3 Å². The van der Waals surface area contributed by atoms with E-state index >= 15 is 0 Å². The second-order valence-corrected chi connectivity index (χ2v) is 3.07. The minimum absolute atomic E-state index is 0.0983. The average Bonchev–Trinajstić information content (AvgIpc) is 2.54. The molecule has 1 saturated heterocycles. The lowest BCUT2D eigenvalue weighted by Crippen LogP contribution is -2.03. The molecule has 64 valence electrons. The monoisotopic (exact) mass is 164 g/mol. The van der Waals surface area contributed by atoms with Crippen LogP contribution in [0.1, 0.15) is 24.5 Å². The average molecular weight is 164 g/mol. The van der Waals surface area contributed by atoms with Crippen LogP contribution in [0.3, 0.4) is 0 Å². The van der Waals surface area contributed by atoms with E-state index in [0.717, 1.165) is 18.4 Å². The summed E-state index contributed by atoms with van der Waals surface area (Å²) < 4.78 is 5.30. The molecule has 1 aromatic rings. The van der Waals surface area contributed by atoms with Gasteiger partial charge in [-0.3, -0.25) is 0 Å². The molecule has 0 aromatic heterocycles. The summed E-state index contributed by atoms with van der Waals surface area (Å²) in [5.41, 5.74) is 1.16. The summed E-state index contributed by atoms with van der Waals surface area (Å²) in [6, 6.07) is 10.0. The van der Waals surface area contributed by atoms with Gasteiger partial charge in [0, 0.05) is 6.42 Å². The lowest BCUT2D eigenvalue weighted by molar-refractivity contribution is -0.0913. The van der Waals surface area contributed by atoms with Crippen LogP contribution in [0.4, 0.5) is 0 Å². The van der Waals surface area contributed by atoms with Crippen molar-refractivity contribution in [3.63, 3.8) is 0 Å². The maximum Gasteiger partial charge on any atom is 0.155 e. The van der Waals surface area contributed by atoms with Crippen molar-refractivity contribution in [3.8, 4) is 0 Å². The van der Waals surface area contributed by atoms with E-state index in [0.29, 0.717) is 0 Å². The van der Waals surface area contributed by atoms with Crippen molar-refractivity contribution in [1.82, 2.24) is 0 Å². The van der Waals surface area contributed by atoms with Gasteiger partial charge in [0.2, 0.25) is 0 Å². The summed E-state index contributed by atoms with van der Waals surface area (Å²) in [5.74, 6) is 0. The third-order valence-electron chi connectivity index (χ3n) is 2.17. The van der Waals surface area contributed by atoms with Gasteiger partial charge in [-0.15, -0.1) is 0 Å². The molecule has 2 atom stereocenters. The predicted molar refractivity (Wildman–Crippen MR) is 45.5 cm³/mol. The first kappa shape index (κ1) is 7.77. The van der Waals surface area contributed by atoms with Crippen molar-refractivity contribution >= 4 is 0 Å². The molecule has 0 amide bonds. The Morgan fingerprint density at radius 1 is 1.17 bits per heavy atom. The summed E-state index contributed by atoms with van der Waals surface area (Å²) in [7, 11) is 0. The van der Waals surface area contributed by atoms with E-state index in [2.05, 4.69) is 0 Å². The molecule has 2 unspecified atom stereocenters. The maximum absolute atomic E-state index is 9.14. The van der Waals surface area contributed by atoms with Crippen LogP contribution < -0.4 is 0 Å². The molecule has 1 heterocycles. The molecule has 1 N–H and O–H groups in total. The summed E-state index contributed by atoms with van der Waals surface area (Å²) >= 11 is 0. The molecule has 2 nitrogen and oxygen atoms in total. The zero-order valence-corrected chi connectivity index (χ0v) is 6.81. The number of hydrogen-bond donors (Lipinski definition) is 1. The van der Waals surface area contributed by atoms with Gasteiger partial charge in [0.1, 0.15) is 0 Å². The lowest BCUT2D eigenvalue weighted by Gasteiger charge is -2.09. The highest BCUT2D eigenvalue weighted by atomic mass is 16.6. The minimum Gasteiger partial charge on any atom is -0.368 e. The summed E-state index contributed by atoms with van der Waals surface area (Å²) in [5, 5.41) is 9.14. The van der Waals surface area contributed by atoms with Gasteiger partial charge in [-0.2, -0.15) is 0 Å². The Bertz CT molecular complexity index is 245. The van der Waals surface area contributed by atoms with Gasteiger partial charge in [0.05, 0.1) is 6.10 Å². The second kappa shape index (κ2) is 3.25. The smallest absolute Gasteiger partial charge is 0.155 e. The lowest BCUT2D eigenvalue weighted by atomic mass is 10.1. The molecular weight excluding hydrogens is 152 g/mol. The Labute approximate surface area is 71.8 Å². The van der Waals surface area contributed by atoms with Gasteiger partial charge in [-0.25, -0.2) is 0 Å². The molecule has 1 aliphatic rings. The summed E-state index contributed by atoms with van der Waals surface area (Å²) in [6.07, 6.45) is 1.21. The van der Waals surface area contributed by atoms with E-state index in [9.17, 15) is 0 Å². The van der Waals surface area contributed by atoms with E-state index in [-0.39, 0.29) is 6.10 Å². The van der Waals surface area contributed by atoms with Crippen molar-refractivity contribution in [2.45, 2.75) is 25.2 Å². The van der Waals surface area contributed by atoms with Gasteiger partial charge < -0.3 is 9.84 Å². The van der Waals surface area contributed by atoms with Crippen LogP contribution in [0.2, 0.25) is 0 Å². The Morgan fingerprint density at radius 3 is 2.50 bits per heavy atom. The van der Waals surface area contributed by atoms with E-state index in [1.165, 1.54) is 0 Å². The zero-order valence-electron chi connectivity index (χ0n) is 6.81. The standard InChI is InChI=1S/C10H12O2/c11-10-7-6-9(12-10)8-4-2-1-3-5-8/h1-5,9-11H,6-7H2. The molecule has 1 aliphatic heterocycles. The van der Waals surface area contributed by atoms with Crippen LogP contribution in [0.5, 0.6) is 0 Å². The Morgan fingerprint density at radius 2 is 1.92 bits per heavy atom. The van der Waals surface area contributed by atoms with Gasteiger partial charge >= 0.3 is 0 Å². The highest BCUT2D eigenvalue weighted by molar-refractivity contribution is 5.18. The van der Waals surface area contributed by atoms with Crippen molar-refractivity contribution in [3.05, 3.63) is 35.9 Å². The van der Waals surface area contributed by atoms with Gasteiger partial charge in [0.25, 0.3) is 0 Å². The number of aliphatic hydroxyl groups excluding tert-OH is 1. The van der Waals surface area contributed by atoms with Gasteiger partial charge in [0.15, 0.2) is 6.29 Å². The zero-order chi connectivity index (χ0) is 8.39. The van der Waals surface area contributed by atoms with Crippen LogP contribution in [0.15, 0.2) is 30.3 Å². The molecule has 0 saturated carbocycles. The van der Waals surface area contributed by atoms with E-state index in [1.54, 1.807) is 0 Å². The fourth-order valence-corrected chi connectivity index (χ4v) is 1.53. The molecule has 1 fully saturated rings. The Kier molecular flexibility index (Phi) is 2.11. The summed E-state index contributed by atoms with van der Waals surface area (Å²) in [4.78, 5) is 0. The van der Waals surface area contributed by atoms with Crippen molar-refractivity contribution in [2.75, 3.05) is 0 Å². The molecule has 2 heteroatoms. The quantitative estimate of drug-likeness (QED) is 0.686. The summed E-state index contributed by atoms with van der Waals surface area (Å²) in [6.45, 7) is 0. The first-order valence-corrected chi connectivity index (χ1v) is 4.25. The van der Waals surface area contributed by atoms with Crippen LogP contribution >= 0.6 is 0 Å². The highest BCUT2D eigenvalue weighted by Gasteiger charge is 2.23. The van der Waals surface area contributed by atoms with Crippen LogP contribution in [-0.2, 0) is 4.74 Å². The maximum atomic E-state index is 9.14. The Balaban J connectivity index is 2.11. The molecule has 0 radical (unpaired) electrons. The fraction of sp³-hybridized carbons (Fsp3) is 0.400. The molecule has 2 rings (SSSR count). The molecular formula is C10H12O2. The topological polar surface area (TPSA) is 29.5 Å². The molecule has 12 heavy (non-hydrogen) atoms. The van der Waals surface area contributed by atoms with E-state index < -0.39 is 6.29 Å². The highest BCUT2D eigenvalue weighted by Crippen LogP contribution is 2.30. The predicted octanol–water partition coefficient (Wildman–Crippen LogP) is 1.86. The molecule has 0 spiro atoms. The first-order chi connectivity index (χ1) is 5.86. The van der Waals surface area contributed by atoms with Crippen molar-refractivity contribution < 1.29 is 9.84 Å². The SMILES string of the molecule is OC1CCC(c2ccccc2)O1. The third-order valence-corrected chi connectivity index (χ3v) is 2.17. The minimum atomic E-state index is -0.560. The van der Waals surface area contributed by atoms with E-state index in [4.69, 9.17) is 9.84 Å². The van der Waals surface area contributed by atoms with Crippen LogP contribution in [-0.4, -0.2) is 11.4 Å². The number of rotatable bonds is 1. The normalized spacial score (nSPS) is 29.1. The number of hydrogen-bond acceptors (Lipinski definition) is 2. The number of ether oxygens (including phenoxy) is 1. The fourth-order valence-electron chi connectivity index (χ4n) is 1.53.